The molecule has 0 amide bonds. The standard InChI is InChI=1S/C21H29NO4/c1-7-18(23)16(13-22)20(24)26-10-8-9-15-11-14(2)19(25-6)17(12-15)21(3,4)5/h11-12,23H,7-10H2,1-6H3/b18-16-. The number of aryl methyl sites for hydroxylation is 2. The maximum atomic E-state index is 11.8. The molecule has 0 fully saturated rings. The van der Waals surface area contributed by atoms with Crippen LogP contribution in [0.1, 0.15) is 57.2 Å². The summed E-state index contributed by atoms with van der Waals surface area (Å²) >= 11 is 0. The van der Waals surface area contributed by atoms with Crippen LogP contribution >= 0.6 is 0 Å². The monoisotopic (exact) mass is 359 g/mol. The largest absolute Gasteiger partial charge is 0.511 e. The summed E-state index contributed by atoms with van der Waals surface area (Å²) in [7, 11) is 1.68. The molecule has 1 aromatic carbocycles. The topological polar surface area (TPSA) is 79.5 Å². The molecule has 5 heteroatoms. The molecule has 1 N–H and O–H groups in total. The first-order valence-electron chi connectivity index (χ1n) is 8.83. The van der Waals surface area contributed by atoms with E-state index in [9.17, 15) is 9.90 Å². The van der Waals surface area contributed by atoms with Crippen LogP contribution in [-0.4, -0.2) is 24.8 Å². The highest BCUT2D eigenvalue weighted by molar-refractivity contribution is 5.93. The SMILES string of the molecule is CC/C(O)=C(\C#N)C(=O)OCCCc1cc(C)c(OC)c(C(C)(C)C)c1. The van der Waals surface area contributed by atoms with Crippen LogP contribution in [0.15, 0.2) is 23.5 Å². The summed E-state index contributed by atoms with van der Waals surface area (Å²) in [4.78, 5) is 11.8. The van der Waals surface area contributed by atoms with Crippen molar-refractivity contribution in [1.29, 1.82) is 5.26 Å². The Morgan fingerprint density at radius 1 is 1.31 bits per heavy atom. The van der Waals surface area contributed by atoms with Crippen molar-refractivity contribution in [3.05, 3.63) is 40.2 Å². The number of allylic oxidation sites excluding steroid dienone is 1. The molecule has 26 heavy (non-hydrogen) atoms. The molecule has 0 saturated carbocycles. The van der Waals surface area contributed by atoms with E-state index in [4.69, 9.17) is 14.7 Å². The molecule has 0 heterocycles. The van der Waals surface area contributed by atoms with Crippen molar-refractivity contribution in [3.8, 4) is 11.8 Å². The Hall–Kier alpha value is -2.48. The first-order chi connectivity index (χ1) is 12.1. The first-order valence-corrected chi connectivity index (χ1v) is 8.83. The number of carbonyl (C=O) groups is 1. The van der Waals surface area contributed by atoms with Gasteiger partial charge in [0.1, 0.15) is 17.6 Å². The van der Waals surface area contributed by atoms with E-state index in [0.717, 1.165) is 28.9 Å². The lowest BCUT2D eigenvalue weighted by atomic mass is 9.83. The second kappa shape index (κ2) is 9.28. The molecule has 1 rings (SSSR count). The van der Waals surface area contributed by atoms with Crippen LogP contribution in [0.2, 0.25) is 0 Å². The van der Waals surface area contributed by atoms with E-state index >= 15 is 0 Å². The molecule has 0 atom stereocenters. The number of aliphatic hydroxyl groups excluding tert-OH is 1. The van der Waals surface area contributed by atoms with Crippen LogP contribution < -0.4 is 4.74 Å². The lowest BCUT2D eigenvalue weighted by molar-refractivity contribution is -0.138. The van der Waals surface area contributed by atoms with E-state index in [2.05, 4.69) is 32.9 Å². The Labute approximate surface area is 156 Å². The number of benzene rings is 1. The second-order valence-corrected chi connectivity index (χ2v) is 7.27. The molecule has 0 aliphatic rings. The van der Waals surface area contributed by atoms with Gasteiger partial charge in [-0.2, -0.15) is 5.26 Å². The summed E-state index contributed by atoms with van der Waals surface area (Å²) in [5.41, 5.74) is 3.02. The van der Waals surface area contributed by atoms with Gasteiger partial charge in [-0.25, -0.2) is 4.79 Å². The molecule has 0 saturated heterocycles. The van der Waals surface area contributed by atoms with Crippen LogP contribution in [0.5, 0.6) is 5.75 Å². The Kier molecular flexibility index (Phi) is 7.70. The van der Waals surface area contributed by atoms with Crippen molar-refractivity contribution in [3.63, 3.8) is 0 Å². The van der Waals surface area contributed by atoms with E-state index in [-0.39, 0.29) is 29.8 Å². The molecular weight excluding hydrogens is 330 g/mol. The average Bonchev–Trinajstić information content (AvgIpc) is 2.57. The minimum Gasteiger partial charge on any atom is -0.511 e. The Morgan fingerprint density at radius 3 is 2.46 bits per heavy atom. The van der Waals surface area contributed by atoms with Gasteiger partial charge < -0.3 is 14.6 Å². The lowest BCUT2D eigenvalue weighted by Gasteiger charge is -2.24. The van der Waals surface area contributed by atoms with E-state index < -0.39 is 5.97 Å². The number of rotatable bonds is 7. The molecule has 0 radical (unpaired) electrons. The van der Waals surface area contributed by atoms with Gasteiger partial charge in [0.2, 0.25) is 0 Å². The van der Waals surface area contributed by atoms with Gasteiger partial charge in [-0.1, -0.05) is 39.8 Å². The van der Waals surface area contributed by atoms with Gasteiger partial charge in [0, 0.05) is 12.0 Å². The van der Waals surface area contributed by atoms with E-state index in [0.29, 0.717) is 6.42 Å². The number of ether oxygens (including phenoxy) is 2. The summed E-state index contributed by atoms with van der Waals surface area (Å²) in [5.74, 6) is -0.0993. The zero-order valence-corrected chi connectivity index (χ0v) is 16.6. The molecular formula is C21H29NO4. The number of aliphatic hydroxyl groups is 1. The van der Waals surface area contributed by atoms with Crippen molar-refractivity contribution in [2.75, 3.05) is 13.7 Å². The number of methoxy groups -OCH3 is 1. The van der Waals surface area contributed by atoms with Crippen molar-refractivity contribution in [2.45, 2.75) is 59.3 Å². The van der Waals surface area contributed by atoms with Crippen molar-refractivity contribution in [2.24, 2.45) is 0 Å². The summed E-state index contributed by atoms with van der Waals surface area (Å²) in [6.07, 6.45) is 1.60. The van der Waals surface area contributed by atoms with Crippen LogP contribution in [0, 0.1) is 18.3 Å². The summed E-state index contributed by atoms with van der Waals surface area (Å²) in [6.45, 7) is 10.3. The predicted octanol–water partition coefficient (Wildman–Crippen LogP) is 4.52. The van der Waals surface area contributed by atoms with Gasteiger partial charge in [0.05, 0.1) is 13.7 Å². The number of hydrogen-bond acceptors (Lipinski definition) is 5. The van der Waals surface area contributed by atoms with Gasteiger partial charge in [0.15, 0.2) is 5.57 Å². The molecule has 1 aromatic rings. The smallest absolute Gasteiger partial charge is 0.352 e. The van der Waals surface area contributed by atoms with Gasteiger partial charge >= 0.3 is 5.97 Å². The summed E-state index contributed by atoms with van der Waals surface area (Å²) in [6, 6.07) is 5.92. The first kappa shape index (κ1) is 21.6. The number of hydrogen-bond donors (Lipinski definition) is 1. The third-order valence-electron chi connectivity index (χ3n) is 4.13. The molecule has 5 nitrogen and oxygen atoms in total. The third kappa shape index (κ3) is 5.52. The number of esters is 1. The quantitative estimate of drug-likeness (QED) is 0.254. The molecule has 0 unspecified atom stereocenters. The number of nitrogens with zero attached hydrogens (tertiary/aromatic N) is 1. The zero-order chi connectivity index (χ0) is 19.9. The average molecular weight is 359 g/mol. The minimum atomic E-state index is -0.770. The minimum absolute atomic E-state index is 0.0389. The molecule has 142 valence electrons. The van der Waals surface area contributed by atoms with Gasteiger partial charge in [-0.05, 0) is 36.3 Å². The van der Waals surface area contributed by atoms with E-state index in [1.807, 2.05) is 6.92 Å². The van der Waals surface area contributed by atoms with Crippen molar-refractivity contribution in [1.82, 2.24) is 0 Å². The van der Waals surface area contributed by atoms with Crippen LogP contribution in [-0.2, 0) is 21.4 Å². The fourth-order valence-electron chi connectivity index (χ4n) is 2.74. The van der Waals surface area contributed by atoms with Crippen molar-refractivity contribution < 1.29 is 19.4 Å². The van der Waals surface area contributed by atoms with E-state index in [1.165, 1.54) is 0 Å². The molecule has 0 aliphatic carbocycles. The number of carbonyl (C=O) groups excluding carboxylic acids is 1. The fourth-order valence-corrected chi connectivity index (χ4v) is 2.74. The summed E-state index contributed by atoms with van der Waals surface area (Å²) < 4.78 is 10.7. The van der Waals surface area contributed by atoms with Crippen LogP contribution in [0.4, 0.5) is 0 Å². The van der Waals surface area contributed by atoms with Gasteiger partial charge in [-0.15, -0.1) is 0 Å². The van der Waals surface area contributed by atoms with Gasteiger partial charge in [0.25, 0.3) is 0 Å². The maximum absolute atomic E-state index is 11.8. The normalized spacial score (nSPS) is 12.2. The van der Waals surface area contributed by atoms with Crippen molar-refractivity contribution >= 4 is 5.97 Å². The molecule has 0 aliphatic heterocycles. The molecule has 0 bridgehead atoms. The molecule has 0 aromatic heterocycles. The van der Waals surface area contributed by atoms with Crippen LogP contribution in [0.3, 0.4) is 0 Å². The summed E-state index contributed by atoms with van der Waals surface area (Å²) in [5, 5.41) is 18.5. The Balaban J connectivity index is 2.77. The Bertz CT molecular complexity index is 721. The zero-order valence-electron chi connectivity index (χ0n) is 16.6. The van der Waals surface area contributed by atoms with Crippen LogP contribution in [0.25, 0.3) is 0 Å². The number of nitriles is 1. The van der Waals surface area contributed by atoms with Gasteiger partial charge in [-0.3, -0.25) is 0 Å². The highest BCUT2D eigenvalue weighted by Gasteiger charge is 2.21. The molecule has 0 spiro atoms. The highest BCUT2D eigenvalue weighted by Crippen LogP contribution is 2.35. The van der Waals surface area contributed by atoms with E-state index in [1.54, 1.807) is 20.1 Å². The fraction of sp³-hybridized carbons (Fsp3) is 0.524. The predicted molar refractivity (Wildman–Crippen MR) is 101 cm³/mol. The Morgan fingerprint density at radius 2 is 1.96 bits per heavy atom. The highest BCUT2D eigenvalue weighted by atomic mass is 16.5. The maximum Gasteiger partial charge on any atom is 0.352 e. The lowest BCUT2D eigenvalue weighted by Crippen LogP contribution is -2.14. The third-order valence-corrected chi connectivity index (χ3v) is 4.13. The second-order valence-electron chi connectivity index (χ2n) is 7.27.